The van der Waals surface area contributed by atoms with Gasteiger partial charge in [-0.15, -0.1) is 10.2 Å². The van der Waals surface area contributed by atoms with Crippen LogP contribution in [0.2, 0.25) is 0 Å². The molecular formula is C22H27N7O. The van der Waals surface area contributed by atoms with E-state index in [2.05, 4.69) is 60.0 Å². The number of ether oxygens (including phenoxy) is 1. The van der Waals surface area contributed by atoms with Crippen molar-refractivity contribution in [1.82, 2.24) is 34.9 Å². The predicted molar refractivity (Wildman–Crippen MR) is 115 cm³/mol. The molecule has 156 valence electrons. The molecule has 1 aliphatic rings. The summed E-state index contributed by atoms with van der Waals surface area (Å²) >= 11 is 0. The minimum Gasteiger partial charge on any atom is -0.379 e. The lowest BCUT2D eigenvalue weighted by atomic mass is 10.0. The Morgan fingerprint density at radius 1 is 0.867 bits per heavy atom. The number of hydrogen-bond acceptors (Lipinski definition) is 6. The lowest BCUT2D eigenvalue weighted by Crippen LogP contribution is -2.42. The average Bonchev–Trinajstić information content (AvgIpc) is 3.42. The van der Waals surface area contributed by atoms with E-state index in [0.717, 1.165) is 67.6 Å². The van der Waals surface area contributed by atoms with Gasteiger partial charge >= 0.3 is 0 Å². The Labute approximate surface area is 175 Å². The summed E-state index contributed by atoms with van der Waals surface area (Å²) in [5.41, 5.74) is 4.01. The molecule has 2 aromatic carbocycles. The zero-order chi connectivity index (χ0) is 20.3. The molecule has 2 atom stereocenters. The fraction of sp³-hybridized carbons (Fsp3) is 0.455. The summed E-state index contributed by atoms with van der Waals surface area (Å²) in [6.07, 6.45) is 3.07. The molecule has 0 bridgehead atoms. The number of benzene rings is 2. The highest BCUT2D eigenvalue weighted by atomic mass is 16.5. The minimum absolute atomic E-state index is 0.0841. The normalized spacial score (nSPS) is 17.5. The van der Waals surface area contributed by atoms with E-state index in [1.54, 1.807) is 0 Å². The largest absolute Gasteiger partial charge is 0.379 e. The van der Waals surface area contributed by atoms with Gasteiger partial charge in [-0.3, -0.25) is 4.90 Å². The van der Waals surface area contributed by atoms with Gasteiger partial charge in [0.25, 0.3) is 0 Å². The van der Waals surface area contributed by atoms with E-state index in [1.807, 2.05) is 30.3 Å². The molecule has 0 saturated carbocycles. The highest BCUT2D eigenvalue weighted by Gasteiger charge is 2.29. The number of morpholine rings is 1. The van der Waals surface area contributed by atoms with Gasteiger partial charge in [-0.05, 0) is 30.7 Å². The molecule has 1 saturated heterocycles. The molecule has 1 aliphatic heterocycles. The molecule has 2 unspecified atom stereocenters. The number of fused-ring (bicyclic) bond motifs is 2. The predicted octanol–water partition coefficient (Wildman–Crippen LogP) is 3.44. The van der Waals surface area contributed by atoms with Crippen molar-refractivity contribution in [2.45, 2.75) is 38.4 Å². The van der Waals surface area contributed by atoms with Gasteiger partial charge in [-0.25, -0.2) is 9.36 Å². The molecule has 1 fully saturated rings. The van der Waals surface area contributed by atoms with Crippen molar-refractivity contribution in [2.75, 3.05) is 26.3 Å². The summed E-state index contributed by atoms with van der Waals surface area (Å²) in [5, 5.41) is 17.9. The quantitative estimate of drug-likeness (QED) is 0.469. The second-order valence-electron chi connectivity index (χ2n) is 7.85. The number of aromatic nitrogens is 6. The maximum Gasteiger partial charge on any atom is 0.113 e. The van der Waals surface area contributed by atoms with Crippen LogP contribution in [0.5, 0.6) is 0 Å². The minimum atomic E-state index is 0.0841. The van der Waals surface area contributed by atoms with Crippen molar-refractivity contribution in [1.29, 1.82) is 0 Å². The van der Waals surface area contributed by atoms with Gasteiger partial charge in [0.1, 0.15) is 17.2 Å². The lowest BCUT2D eigenvalue weighted by Gasteiger charge is -2.36. The first-order valence-corrected chi connectivity index (χ1v) is 10.8. The molecule has 3 heterocycles. The third kappa shape index (κ3) is 3.57. The molecule has 0 aliphatic carbocycles. The molecule has 8 nitrogen and oxygen atoms in total. The van der Waals surface area contributed by atoms with E-state index < -0.39 is 0 Å². The van der Waals surface area contributed by atoms with Crippen molar-refractivity contribution in [2.24, 2.45) is 0 Å². The van der Waals surface area contributed by atoms with Crippen LogP contribution in [0.15, 0.2) is 48.5 Å². The molecule has 0 amide bonds. The highest BCUT2D eigenvalue weighted by molar-refractivity contribution is 5.74. The SMILES string of the molecule is CCCC(CC(N1CCOCC1)n1nnc2ccccc21)n1nnc2ccccc21. The van der Waals surface area contributed by atoms with Crippen LogP contribution in [0.3, 0.4) is 0 Å². The fourth-order valence-corrected chi connectivity index (χ4v) is 4.46. The lowest BCUT2D eigenvalue weighted by molar-refractivity contribution is -0.0118. The van der Waals surface area contributed by atoms with E-state index in [-0.39, 0.29) is 12.2 Å². The monoisotopic (exact) mass is 405 g/mol. The third-order valence-corrected chi connectivity index (χ3v) is 5.95. The van der Waals surface area contributed by atoms with Gasteiger partial charge in [0.15, 0.2) is 0 Å². The van der Waals surface area contributed by atoms with Crippen LogP contribution in [-0.2, 0) is 4.74 Å². The summed E-state index contributed by atoms with van der Waals surface area (Å²) in [4.78, 5) is 2.46. The smallest absolute Gasteiger partial charge is 0.113 e. The summed E-state index contributed by atoms with van der Waals surface area (Å²) < 4.78 is 9.81. The Hall–Kier alpha value is -2.84. The van der Waals surface area contributed by atoms with Gasteiger partial charge in [0.2, 0.25) is 0 Å². The van der Waals surface area contributed by atoms with E-state index >= 15 is 0 Å². The van der Waals surface area contributed by atoms with Gasteiger partial charge in [0.05, 0.1) is 30.3 Å². The second-order valence-corrected chi connectivity index (χ2v) is 7.85. The first-order valence-electron chi connectivity index (χ1n) is 10.8. The number of rotatable bonds is 7. The number of nitrogens with zero attached hydrogens (tertiary/aromatic N) is 7. The van der Waals surface area contributed by atoms with Crippen molar-refractivity contribution >= 4 is 22.1 Å². The number of hydrogen-bond donors (Lipinski definition) is 0. The molecule has 2 aromatic heterocycles. The highest BCUT2D eigenvalue weighted by Crippen LogP contribution is 2.32. The summed E-state index contributed by atoms with van der Waals surface area (Å²) in [5.74, 6) is 0. The molecule has 0 N–H and O–H groups in total. The van der Waals surface area contributed by atoms with Crippen LogP contribution in [0.1, 0.15) is 38.4 Å². The fourth-order valence-electron chi connectivity index (χ4n) is 4.46. The van der Waals surface area contributed by atoms with Crippen LogP contribution in [0, 0.1) is 0 Å². The van der Waals surface area contributed by atoms with Crippen LogP contribution < -0.4 is 0 Å². The van der Waals surface area contributed by atoms with Crippen LogP contribution >= 0.6 is 0 Å². The zero-order valence-electron chi connectivity index (χ0n) is 17.3. The summed E-state index contributed by atoms with van der Waals surface area (Å²) in [6, 6.07) is 16.6. The Morgan fingerprint density at radius 2 is 1.47 bits per heavy atom. The molecule has 0 radical (unpaired) electrons. The van der Waals surface area contributed by atoms with E-state index in [4.69, 9.17) is 4.74 Å². The Balaban J connectivity index is 1.54. The Kier molecular flexibility index (Phi) is 5.42. The Bertz CT molecular complexity index is 1110. The molecule has 8 heteroatoms. The first kappa shape index (κ1) is 19.1. The zero-order valence-corrected chi connectivity index (χ0v) is 17.3. The van der Waals surface area contributed by atoms with Crippen LogP contribution in [-0.4, -0.2) is 61.2 Å². The summed E-state index contributed by atoms with van der Waals surface area (Å²) in [7, 11) is 0. The van der Waals surface area contributed by atoms with Gasteiger partial charge in [0, 0.05) is 19.5 Å². The standard InChI is InChI=1S/C22H27N7O/c1-2-7-17(28-20-10-5-3-8-18(20)23-25-28)16-22(27-12-14-30-15-13-27)29-21-11-6-4-9-19(21)24-26-29/h3-6,8-11,17,22H,2,7,12-16H2,1H3. The van der Waals surface area contributed by atoms with E-state index in [9.17, 15) is 0 Å². The van der Waals surface area contributed by atoms with Crippen molar-refractivity contribution < 1.29 is 4.74 Å². The van der Waals surface area contributed by atoms with Gasteiger partial charge in [-0.1, -0.05) is 48.0 Å². The van der Waals surface area contributed by atoms with Crippen molar-refractivity contribution in [3.63, 3.8) is 0 Å². The summed E-state index contributed by atoms with van der Waals surface area (Å²) in [6.45, 7) is 5.48. The average molecular weight is 406 g/mol. The maximum atomic E-state index is 5.62. The van der Waals surface area contributed by atoms with Crippen LogP contribution in [0.4, 0.5) is 0 Å². The molecule has 0 spiro atoms. The molecule has 5 rings (SSSR count). The van der Waals surface area contributed by atoms with Crippen molar-refractivity contribution in [3.05, 3.63) is 48.5 Å². The first-order chi connectivity index (χ1) is 14.8. The molecule has 4 aromatic rings. The van der Waals surface area contributed by atoms with Gasteiger partial charge < -0.3 is 4.74 Å². The Morgan fingerprint density at radius 3 is 2.13 bits per heavy atom. The molecular weight excluding hydrogens is 378 g/mol. The third-order valence-electron chi connectivity index (χ3n) is 5.95. The molecule has 30 heavy (non-hydrogen) atoms. The second kappa shape index (κ2) is 8.49. The van der Waals surface area contributed by atoms with E-state index in [1.165, 1.54) is 0 Å². The topological polar surface area (TPSA) is 73.9 Å². The van der Waals surface area contributed by atoms with E-state index in [0.29, 0.717) is 0 Å². The maximum absolute atomic E-state index is 5.62. The van der Waals surface area contributed by atoms with Crippen LogP contribution in [0.25, 0.3) is 22.1 Å². The van der Waals surface area contributed by atoms with Crippen molar-refractivity contribution in [3.8, 4) is 0 Å². The number of para-hydroxylation sites is 2. The van der Waals surface area contributed by atoms with Gasteiger partial charge in [-0.2, -0.15) is 0 Å².